The Morgan fingerprint density at radius 3 is 2.24 bits per heavy atom. The van der Waals surface area contributed by atoms with E-state index < -0.39 is 11.8 Å². The maximum absolute atomic E-state index is 12.4. The Morgan fingerprint density at radius 2 is 1.64 bits per heavy atom. The predicted octanol–water partition coefficient (Wildman–Crippen LogP) is 3.53. The fourth-order valence-electron chi connectivity index (χ4n) is 2.25. The Morgan fingerprint density at radius 1 is 1.00 bits per heavy atom. The molecule has 0 saturated carbocycles. The lowest BCUT2D eigenvalue weighted by molar-refractivity contribution is 0.0991. The number of halogens is 2. The van der Waals surface area contributed by atoms with Crippen LogP contribution >= 0.6 is 23.2 Å². The second kappa shape index (κ2) is 6.96. The number of anilines is 1. The average molecular weight is 375 g/mol. The quantitative estimate of drug-likeness (QED) is 0.731. The second-order valence-electron chi connectivity index (χ2n) is 5.14. The van der Waals surface area contributed by atoms with E-state index in [1.54, 1.807) is 42.5 Å². The smallest absolute Gasteiger partial charge is 0.276 e. The molecule has 0 atom stereocenters. The van der Waals surface area contributed by atoms with Gasteiger partial charge in [0, 0.05) is 21.8 Å². The van der Waals surface area contributed by atoms with Gasteiger partial charge >= 0.3 is 0 Å². The van der Waals surface area contributed by atoms with E-state index in [9.17, 15) is 9.59 Å². The maximum atomic E-state index is 12.4. The lowest BCUT2D eigenvalue weighted by atomic mass is 10.3. The van der Waals surface area contributed by atoms with E-state index in [0.717, 1.165) is 0 Å². The van der Waals surface area contributed by atoms with Crippen molar-refractivity contribution >= 4 is 40.7 Å². The zero-order valence-corrected chi connectivity index (χ0v) is 14.3. The van der Waals surface area contributed by atoms with Crippen LogP contribution < -0.4 is 11.1 Å². The van der Waals surface area contributed by atoms with E-state index in [4.69, 9.17) is 28.9 Å². The zero-order chi connectivity index (χ0) is 18.0. The molecule has 2 amide bonds. The summed E-state index contributed by atoms with van der Waals surface area (Å²) in [7, 11) is 0. The molecule has 1 aromatic heterocycles. The minimum atomic E-state index is -0.693. The van der Waals surface area contributed by atoms with Crippen LogP contribution in [0.2, 0.25) is 10.0 Å². The molecule has 126 valence electrons. The molecule has 0 spiro atoms. The van der Waals surface area contributed by atoms with Gasteiger partial charge in [0.1, 0.15) is 5.69 Å². The molecule has 0 aliphatic carbocycles. The third kappa shape index (κ3) is 3.81. The third-order valence-corrected chi connectivity index (χ3v) is 3.75. The predicted molar refractivity (Wildman–Crippen MR) is 96.5 cm³/mol. The van der Waals surface area contributed by atoms with Gasteiger partial charge < -0.3 is 11.1 Å². The Bertz CT molecular complexity index is 934. The number of nitrogens with one attached hydrogen (secondary N) is 1. The van der Waals surface area contributed by atoms with Crippen molar-refractivity contribution in [2.45, 2.75) is 0 Å². The first kappa shape index (κ1) is 17.0. The number of carbonyl (C=O) groups is 2. The van der Waals surface area contributed by atoms with Gasteiger partial charge in [-0.2, -0.15) is 5.10 Å². The largest absolute Gasteiger partial charge is 0.364 e. The van der Waals surface area contributed by atoms with Crippen LogP contribution in [0.25, 0.3) is 5.69 Å². The standard InChI is InChI=1S/C17H12Cl2N4O2/c18-10-6-11(19)8-12(7-10)21-17(25)14-9-15(16(20)24)23(22-14)13-4-2-1-3-5-13/h1-9H,(H2,20,24)(H,21,25). The SMILES string of the molecule is NC(=O)c1cc(C(=O)Nc2cc(Cl)cc(Cl)c2)nn1-c1ccccc1. The Balaban J connectivity index is 1.94. The van der Waals surface area contributed by atoms with Crippen molar-refractivity contribution in [3.63, 3.8) is 0 Å². The molecule has 3 N–H and O–H groups in total. The first-order valence-corrected chi connectivity index (χ1v) is 7.92. The van der Waals surface area contributed by atoms with Gasteiger partial charge in [0.05, 0.1) is 5.69 Å². The monoisotopic (exact) mass is 374 g/mol. The number of hydrogen-bond donors (Lipinski definition) is 2. The summed E-state index contributed by atoms with van der Waals surface area (Å²) in [4.78, 5) is 24.1. The molecule has 0 radical (unpaired) electrons. The fraction of sp³-hybridized carbons (Fsp3) is 0. The van der Waals surface area contributed by atoms with Crippen LogP contribution in [-0.2, 0) is 0 Å². The van der Waals surface area contributed by atoms with Gasteiger partial charge in [0.2, 0.25) is 0 Å². The van der Waals surface area contributed by atoms with Crippen molar-refractivity contribution in [2.24, 2.45) is 5.73 Å². The number of primary amides is 1. The van der Waals surface area contributed by atoms with Gasteiger partial charge in [-0.25, -0.2) is 4.68 Å². The number of carbonyl (C=O) groups excluding carboxylic acids is 2. The second-order valence-corrected chi connectivity index (χ2v) is 6.01. The lowest BCUT2D eigenvalue weighted by Gasteiger charge is -2.05. The van der Waals surface area contributed by atoms with E-state index in [-0.39, 0.29) is 11.4 Å². The maximum Gasteiger partial charge on any atom is 0.276 e. The topological polar surface area (TPSA) is 90.0 Å². The summed E-state index contributed by atoms with van der Waals surface area (Å²) < 4.78 is 1.32. The van der Waals surface area contributed by atoms with Crippen LogP contribution in [0.4, 0.5) is 5.69 Å². The average Bonchev–Trinajstić information content (AvgIpc) is 3.00. The van der Waals surface area contributed by atoms with Crippen LogP contribution in [0.3, 0.4) is 0 Å². The Labute approximate surface area is 153 Å². The first-order valence-electron chi connectivity index (χ1n) is 7.17. The summed E-state index contributed by atoms with van der Waals surface area (Å²) in [5.74, 6) is -1.21. The number of nitrogens with zero attached hydrogens (tertiary/aromatic N) is 2. The van der Waals surface area contributed by atoms with Crippen LogP contribution in [0, 0.1) is 0 Å². The van der Waals surface area contributed by atoms with Crippen molar-refractivity contribution in [1.82, 2.24) is 9.78 Å². The number of rotatable bonds is 4. The molecular formula is C17H12Cl2N4O2. The summed E-state index contributed by atoms with van der Waals surface area (Å²) in [6.07, 6.45) is 0. The van der Waals surface area contributed by atoms with Gasteiger partial charge in [-0.15, -0.1) is 0 Å². The van der Waals surface area contributed by atoms with Gasteiger partial charge in [-0.1, -0.05) is 41.4 Å². The van der Waals surface area contributed by atoms with E-state index in [1.807, 2.05) is 6.07 Å². The molecule has 3 aromatic rings. The molecule has 0 saturated heterocycles. The van der Waals surface area contributed by atoms with Crippen molar-refractivity contribution in [1.29, 1.82) is 0 Å². The zero-order valence-electron chi connectivity index (χ0n) is 12.7. The molecule has 8 heteroatoms. The summed E-state index contributed by atoms with van der Waals surface area (Å²) in [6.45, 7) is 0. The highest BCUT2D eigenvalue weighted by molar-refractivity contribution is 6.35. The molecule has 1 heterocycles. The number of benzene rings is 2. The normalized spacial score (nSPS) is 10.5. The summed E-state index contributed by atoms with van der Waals surface area (Å²) in [5.41, 5.74) is 6.55. The van der Waals surface area contributed by atoms with Crippen LogP contribution in [0.1, 0.15) is 21.0 Å². The summed E-state index contributed by atoms with van der Waals surface area (Å²) in [6, 6.07) is 14.9. The van der Waals surface area contributed by atoms with Crippen LogP contribution in [0.15, 0.2) is 54.6 Å². The number of nitrogens with two attached hydrogens (primary N) is 1. The van der Waals surface area contributed by atoms with Gasteiger partial charge in [-0.05, 0) is 30.3 Å². The van der Waals surface area contributed by atoms with E-state index in [0.29, 0.717) is 21.4 Å². The highest BCUT2D eigenvalue weighted by Gasteiger charge is 2.19. The van der Waals surface area contributed by atoms with Crippen LogP contribution in [-0.4, -0.2) is 21.6 Å². The first-order chi connectivity index (χ1) is 11.9. The van der Waals surface area contributed by atoms with Crippen molar-refractivity contribution < 1.29 is 9.59 Å². The number of hydrogen-bond acceptors (Lipinski definition) is 3. The van der Waals surface area contributed by atoms with Crippen LogP contribution in [0.5, 0.6) is 0 Å². The number of amides is 2. The summed E-state index contributed by atoms with van der Waals surface area (Å²) in [5, 5.41) is 7.58. The molecule has 0 fully saturated rings. The molecule has 0 aliphatic rings. The van der Waals surface area contributed by atoms with Gasteiger partial charge in [0.25, 0.3) is 11.8 Å². The molecule has 6 nitrogen and oxygen atoms in total. The van der Waals surface area contributed by atoms with Crippen molar-refractivity contribution in [2.75, 3.05) is 5.32 Å². The van der Waals surface area contributed by atoms with Crippen molar-refractivity contribution in [3.8, 4) is 5.69 Å². The molecule has 2 aromatic carbocycles. The molecule has 0 unspecified atom stereocenters. The highest BCUT2D eigenvalue weighted by Crippen LogP contribution is 2.23. The summed E-state index contributed by atoms with van der Waals surface area (Å²) >= 11 is 11.8. The molecular weight excluding hydrogens is 363 g/mol. The lowest BCUT2D eigenvalue weighted by Crippen LogP contribution is -2.16. The minimum Gasteiger partial charge on any atom is -0.364 e. The fourth-order valence-corrected chi connectivity index (χ4v) is 2.78. The van der Waals surface area contributed by atoms with E-state index in [1.165, 1.54) is 10.7 Å². The Kier molecular flexibility index (Phi) is 4.74. The number of aromatic nitrogens is 2. The van der Waals surface area contributed by atoms with E-state index >= 15 is 0 Å². The number of para-hydroxylation sites is 1. The minimum absolute atomic E-state index is 0.0359. The Hall–Kier alpha value is -2.83. The molecule has 0 bridgehead atoms. The third-order valence-electron chi connectivity index (χ3n) is 3.32. The van der Waals surface area contributed by atoms with Crippen molar-refractivity contribution in [3.05, 3.63) is 76.0 Å². The molecule has 25 heavy (non-hydrogen) atoms. The molecule has 3 rings (SSSR count). The molecule has 0 aliphatic heterocycles. The van der Waals surface area contributed by atoms with Gasteiger partial charge in [-0.3, -0.25) is 9.59 Å². The van der Waals surface area contributed by atoms with E-state index in [2.05, 4.69) is 10.4 Å². The highest BCUT2D eigenvalue weighted by atomic mass is 35.5. The van der Waals surface area contributed by atoms with Gasteiger partial charge in [0.15, 0.2) is 5.69 Å².